The van der Waals surface area contributed by atoms with Crippen LogP contribution in [0.3, 0.4) is 0 Å². The first-order chi connectivity index (χ1) is 29.5. The number of ether oxygens (including phenoxy) is 6. The van der Waals surface area contributed by atoms with Crippen molar-refractivity contribution in [1.82, 2.24) is 0 Å². The highest BCUT2D eigenvalue weighted by molar-refractivity contribution is 7.17. The maximum absolute atomic E-state index is 14.2. The Kier molecular flexibility index (Phi) is 19.7. The molecule has 0 aliphatic heterocycles. The van der Waals surface area contributed by atoms with Crippen LogP contribution in [-0.4, -0.2) is 110 Å². The van der Waals surface area contributed by atoms with Gasteiger partial charge in [-0.15, -0.1) is 11.3 Å². The summed E-state index contributed by atoms with van der Waals surface area (Å²) in [5.74, 6) is -0.474. The second kappa shape index (κ2) is 25.1. The molecule has 2 amide bonds. The lowest BCUT2D eigenvalue weighted by Crippen LogP contribution is -2.23. The molecular weight excluding hydrogens is 795 g/mol. The molecule has 5 rings (SSSR count). The highest BCUT2D eigenvalue weighted by Gasteiger charge is 2.33. The van der Waals surface area contributed by atoms with E-state index >= 15 is 0 Å². The fourth-order valence-electron chi connectivity index (χ4n) is 7.02. The Balaban J connectivity index is 1.07. The van der Waals surface area contributed by atoms with Crippen LogP contribution in [0.15, 0.2) is 66.7 Å². The summed E-state index contributed by atoms with van der Waals surface area (Å²) in [6, 6.07) is 22.3. The van der Waals surface area contributed by atoms with Gasteiger partial charge in [0.2, 0.25) is 0 Å². The molecule has 1 aromatic heterocycles. The van der Waals surface area contributed by atoms with Crippen LogP contribution in [0.4, 0.5) is 16.4 Å². The number of anilines is 3. The number of nitrogens with zero attached hydrogens (tertiary/aromatic N) is 1. The quantitative estimate of drug-likeness (QED) is 0.0517. The zero-order valence-electron chi connectivity index (χ0n) is 36.6. The lowest BCUT2D eigenvalue weighted by molar-refractivity contribution is -0.0190. The molecule has 0 bridgehead atoms. The van der Waals surface area contributed by atoms with Gasteiger partial charge in [0.15, 0.2) is 0 Å². The molecule has 61 heavy (non-hydrogen) atoms. The fraction of sp³-hybridized carbons (Fsp3) is 0.500. The maximum atomic E-state index is 14.2. The summed E-state index contributed by atoms with van der Waals surface area (Å²) in [4.78, 5) is 31.2. The second-order valence-corrected chi connectivity index (χ2v) is 17.3. The third kappa shape index (κ3) is 15.9. The first kappa shape index (κ1) is 47.9. The molecule has 0 saturated carbocycles. The van der Waals surface area contributed by atoms with E-state index in [0.29, 0.717) is 95.4 Å². The zero-order chi connectivity index (χ0) is 43.5. The standard InChI is InChI=1S/C48H65N3O9S/c1-35-31-37(10-9-36-11-14-40(15-12-36)51(4)5)13-16-42(35)49-46(54)44-41-17-18-48(2,3)33-43(41)61-47(44)50-45(53)39-8-6-7-38(32-39)34-60-30-29-59-28-27-58-26-25-57-24-23-56-22-21-55-20-19-52/h6-8,11-16,31-32,52H,9-10,17-30,33-34H2,1-5H3,(H,49,54)(H,50,53). The van der Waals surface area contributed by atoms with Crippen LogP contribution < -0.4 is 15.5 Å². The Morgan fingerprint density at radius 3 is 1.90 bits per heavy atom. The molecule has 0 unspecified atom stereocenters. The van der Waals surface area contributed by atoms with Gasteiger partial charge < -0.3 is 49.1 Å². The molecule has 3 aromatic carbocycles. The number of rotatable bonds is 27. The predicted octanol–water partition coefficient (Wildman–Crippen LogP) is 7.52. The van der Waals surface area contributed by atoms with Crippen molar-refractivity contribution in [3.8, 4) is 0 Å². The van der Waals surface area contributed by atoms with Gasteiger partial charge in [0.25, 0.3) is 11.8 Å². The molecule has 332 valence electrons. The van der Waals surface area contributed by atoms with Crippen molar-refractivity contribution in [1.29, 1.82) is 0 Å². The highest BCUT2D eigenvalue weighted by atomic mass is 32.1. The van der Waals surface area contributed by atoms with Crippen LogP contribution in [0.25, 0.3) is 0 Å². The van der Waals surface area contributed by atoms with Gasteiger partial charge in [-0.2, -0.15) is 0 Å². The van der Waals surface area contributed by atoms with Gasteiger partial charge in [0, 0.05) is 35.9 Å². The largest absolute Gasteiger partial charge is 0.394 e. The van der Waals surface area contributed by atoms with Crippen molar-refractivity contribution >= 4 is 39.5 Å². The molecule has 12 nitrogen and oxygen atoms in total. The maximum Gasteiger partial charge on any atom is 0.258 e. The van der Waals surface area contributed by atoms with Crippen LogP contribution in [-0.2, 0) is 60.7 Å². The molecule has 0 fully saturated rings. The number of hydrogen-bond acceptors (Lipinski definition) is 11. The lowest BCUT2D eigenvalue weighted by atomic mass is 9.77. The van der Waals surface area contributed by atoms with Crippen LogP contribution >= 0.6 is 11.3 Å². The predicted molar refractivity (Wildman–Crippen MR) is 243 cm³/mol. The number of benzene rings is 3. The summed E-state index contributed by atoms with van der Waals surface area (Å²) in [6.07, 6.45) is 4.44. The second-order valence-electron chi connectivity index (χ2n) is 16.2. The minimum Gasteiger partial charge on any atom is -0.394 e. The smallest absolute Gasteiger partial charge is 0.258 e. The summed E-state index contributed by atoms with van der Waals surface area (Å²) >= 11 is 1.52. The van der Waals surface area contributed by atoms with Gasteiger partial charge in [-0.1, -0.05) is 50.2 Å². The van der Waals surface area contributed by atoms with E-state index in [1.165, 1.54) is 28.2 Å². The van der Waals surface area contributed by atoms with Crippen LogP contribution in [0.2, 0.25) is 0 Å². The van der Waals surface area contributed by atoms with Crippen molar-refractivity contribution in [2.45, 2.75) is 59.5 Å². The molecule has 1 heterocycles. The van der Waals surface area contributed by atoms with Gasteiger partial charge in [-0.25, -0.2) is 0 Å². The summed E-state index contributed by atoms with van der Waals surface area (Å²) in [5.41, 5.74) is 8.52. The minimum atomic E-state index is -0.270. The van der Waals surface area contributed by atoms with Crippen molar-refractivity contribution < 1.29 is 43.1 Å². The Hall–Kier alpha value is -4.18. The number of aliphatic hydroxyl groups excluding tert-OH is 1. The van der Waals surface area contributed by atoms with Crippen LogP contribution in [0.1, 0.15) is 73.7 Å². The van der Waals surface area contributed by atoms with E-state index in [2.05, 4.69) is 65.8 Å². The molecular formula is C48H65N3O9S. The Bertz CT molecular complexity index is 1960. The number of aryl methyl sites for hydroxylation is 3. The van der Waals surface area contributed by atoms with Crippen LogP contribution in [0, 0.1) is 12.3 Å². The topological polar surface area (TPSA) is 137 Å². The molecule has 0 atom stereocenters. The van der Waals surface area contributed by atoms with Gasteiger partial charge in [-0.3, -0.25) is 9.59 Å². The number of carbonyl (C=O) groups is 2. The number of nitrogens with one attached hydrogen (secondary N) is 2. The first-order valence-electron chi connectivity index (χ1n) is 21.3. The first-order valence-corrected chi connectivity index (χ1v) is 22.1. The SMILES string of the molecule is Cc1cc(CCc2ccc(N(C)C)cc2)ccc1NC(=O)c1c(NC(=O)c2cccc(COCCOCCOCCOCCOCCOCCO)c2)sc2c1CCC(C)(C)C2. The van der Waals surface area contributed by atoms with Gasteiger partial charge in [-0.05, 0) is 103 Å². The Labute approximate surface area is 365 Å². The minimum absolute atomic E-state index is 0.0108. The van der Waals surface area contributed by atoms with Crippen molar-refractivity contribution in [3.63, 3.8) is 0 Å². The van der Waals surface area contributed by atoms with E-state index < -0.39 is 0 Å². The van der Waals surface area contributed by atoms with E-state index in [-0.39, 0.29) is 23.8 Å². The van der Waals surface area contributed by atoms with E-state index in [1.54, 1.807) is 6.07 Å². The van der Waals surface area contributed by atoms with Crippen molar-refractivity contribution in [3.05, 3.63) is 111 Å². The number of thiophene rings is 1. The average molecular weight is 860 g/mol. The van der Waals surface area contributed by atoms with E-state index in [0.717, 1.165) is 59.4 Å². The number of aliphatic hydroxyl groups is 1. The molecule has 1 aliphatic carbocycles. The van der Waals surface area contributed by atoms with Crippen molar-refractivity contribution in [2.75, 3.05) is 109 Å². The third-order valence-electron chi connectivity index (χ3n) is 10.5. The summed E-state index contributed by atoms with van der Waals surface area (Å²) in [6.45, 7) is 11.7. The Morgan fingerprint density at radius 1 is 0.705 bits per heavy atom. The number of hydrogen-bond donors (Lipinski definition) is 3. The summed E-state index contributed by atoms with van der Waals surface area (Å²) < 4.78 is 33.0. The normalized spacial score (nSPS) is 13.2. The summed E-state index contributed by atoms with van der Waals surface area (Å²) in [7, 11) is 4.09. The molecule has 13 heteroatoms. The molecule has 0 spiro atoms. The monoisotopic (exact) mass is 859 g/mol. The van der Waals surface area contributed by atoms with Crippen molar-refractivity contribution in [2.24, 2.45) is 5.41 Å². The lowest BCUT2D eigenvalue weighted by Gasteiger charge is -2.29. The molecule has 4 aromatic rings. The fourth-order valence-corrected chi connectivity index (χ4v) is 8.52. The molecule has 0 radical (unpaired) electrons. The van der Waals surface area contributed by atoms with Gasteiger partial charge in [0.05, 0.1) is 91.5 Å². The number of carbonyl (C=O) groups excluding carboxylic acids is 2. The molecule has 0 saturated heterocycles. The van der Waals surface area contributed by atoms with Crippen LogP contribution in [0.5, 0.6) is 0 Å². The average Bonchev–Trinajstić information content (AvgIpc) is 3.59. The summed E-state index contributed by atoms with van der Waals surface area (Å²) in [5, 5.41) is 15.6. The van der Waals surface area contributed by atoms with E-state index in [1.807, 2.05) is 45.3 Å². The Morgan fingerprint density at radius 2 is 1.30 bits per heavy atom. The molecule has 3 N–H and O–H groups in total. The highest BCUT2D eigenvalue weighted by Crippen LogP contribution is 2.44. The number of fused-ring (bicyclic) bond motifs is 1. The van der Waals surface area contributed by atoms with Gasteiger partial charge in [0.1, 0.15) is 5.00 Å². The molecule has 1 aliphatic rings. The number of amides is 2. The zero-order valence-corrected chi connectivity index (χ0v) is 37.5. The van der Waals surface area contributed by atoms with E-state index in [9.17, 15) is 9.59 Å². The third-order valence-corrected chi connectivity index (χ3v) is 11.6. The van der Waals surface area contributed by atoms with Gasteiger partial charge >= 0.3 is 0 Å². The van der Waals surface area contributed by atoms with E-state index in [4.69, 9.17) is 33.5 Å².